The highest BCUT2D eigenvalue weighted by Crippen LogP contribution is 2.31. The average Bonchev–Trinajstić information content (AvgIpc) is 1.30. The van der Waals surface area contributed by atoms with E-state index in [1.165, 1.54) is 63.7 Å². The van der Waals surface area contributed by atoms with Crippen LogP contribution in [-0.4, -0.2) is 31.1 Å². The van der Waals surface area contributed by atoms with E-state index in [1.807, 2.05) is 12.1 Å². The van der Waals surface area contributed by atoms with Crippen LogP contribution in [0.2, 0.25) is 0 Å². The van der Waals surface area contributed by atoms with Crippen LogP contribution in [0.3, 0.4) is 0 Å². The van der Waals surface area contributed by atoms with Gasteiger partial charge in [0.25, 0.3) is 0 Å². The molecule has 0 aliphatic heterocycles. The van der Waals surface area contributed by atoms with Gasteiger partial charge in [0.05, 0.1) is 0 Å². The first kappa shape index (κ1) is 53.3. The summed E-state index contributed by atoms with van der Waals surface area (Å²) in [5.41, 5.74) is 12.1. The Hall–Kier alpha value is -10.7. The molecule has 0 N–H and O–H groups in total. The molecule has 0 saturated heterocycles. The molecule has 14 rings (SSSR count). The SMILES string of the molecule is c1ccc(-c2cccc(-c3cccc([Si](c4ccccc4)(c4ccccc4)c4cc(-c5nc(-c6ccccc6)nc(-c6ccccc6)n5)cc([Si](c5ccccc5)(c5ccccc5)c5cccc(-c6cccc(-c7ccccc7)c6)c5)c4)c3)c2)cc1. The summed E-state index contributed by atoms with van der Waals surface area (Å²) in [4.78, 5) is 16.4. The number of benzene rings is 13. The molecule has 0 amide bonds. The molecule has 0 radical (unpaired) electrons. The normalized spacial score (nSPS) is 11.5. The van der Waals surface area contributed by atoms with Gasteiger partial charge >= 0.3 is 0 Å². The third-order valence-corrected chi connectivity index (χ3v) is 26.2. The van der Waals surface area contributed by atoms with E-state index in [-0.39, 0.29) is 0 Å². The molecule has 5 heteroatoms. The molecule has 3 nitrogen and oxygen atoms in total. The number of hydrogen-bond acceptors (Lipinski definition) is 3. The molecule has 1 aromatic heterocycles. The van der Waals surface area contributed by atoms with Crippen LogP contribution in [0, 0.1) is 0 Å². The van der Waals surface area contributed by atoms with Gasteiger partial charge in [-0.05, 0) is 98.1 Å². The zero-order valence-electron chi connectivity index (χ0n) is 47.4. The van der Waals surface area contributed by atoms with Crippen LogP contribution in [-0.2, 0) is 0 Å². The zero-order valence-corrected chi connectivity index (χ0v) is 49.4. The summed E-state index contributed by atoms with van der Waals surface area (Å²) < 4.78 is 0. The Morgan fingerprint density at radius 3 is 0.663 bits per heavy atom. The predicted octanol–water partition coefficient (Wildman–Crippen LogP) is 14.3. The lowest BCUT2D eigenvalue weighted by atomic mass is 9.99. The Labute approximate surface area is 506 Å². The van der Waals surface area contributed by atoms with Gasteiger partial charge in [0, 0.05) is 16.7 Å². The zero-order chi connectivity index (χ0) is 57.5. The second kappa shape index (κ2) is 23.9. The van der Waals surface area contributed by atoms with Gasteiger partial charge in [0.15, 0.2) is 33.6 Å². The van der Waals surface area contributed by atoms with Gasteiger partial charge in [0.2, 0.25) is 0 Å². The second-order valence-corrected chi connectivity index (χ2v) is 29.5. The van der Waals surface area contributed by atoms with E-state index in [0.29, 0.717) is 17.5 Å². The molecule has 0 aliphatic rings. The lowest BCUT2D eigenvalue weighted by Crippen LogP contribution is -2.78. The van der Waals surface area contributed by atoms with Crippen molar-refractivity contribution in [2.75, 3.05) is 0 Å². The molecule has 0 spiro atoms. The van der Waals surface area contributed by atoms with Crippen molar-refractivity contribution in [2.24, 2.45) is 0 Å². The van der Waals surface area contributed by atoms with E-state index in [2.05, 4.69) is 346 Å². The summed E-state index contributed by atoms with van der Waals surface area (Å²) in [6.07, 6.45) is 0. The topological polar surface area (TPSA) is 38.7 Å². The molecule has 0 bridgehead atoms. The highest BCUT2D eigenvalue weighted by Gasteiger charge is 2.46. The monoisotopic (exact) mass is 1130 g/mol. The molecular formula is C81H59N3Si2. The Bertz CT molecular complexity index is 4240. The van der Waals surface area contributed by atoms with Crippen LogP contribution in [0.1, 0.15) is 0 Å². The Morgan fingerprint density at radius 2 is 0.349 bits per heavy atom. The van der Waals surface area contributed by atoms with Crippen molar-refractivity contribution in [3.63, 3.8) is 0 Å². The van der Waals surface area contributed by atoms with E-state index in [4.69, 9.17) is 15.0 Å². The number of nitrogens with zero attached hydrogens (tertiary/aromatic N) is 3. The third kappa shape index (κ3) is 10.3. The highest BCUT2D eigenvalue weighted by atomic mass is 28.3. The Morgan fingerprint density at radius 1 is 0.140 bits per heavy atom. The molecule has 406 valence electrons. The molecule has 86 heavy (non-hydrogen) atoms. The maximum absolute atomic E-state index is 5.56. The Kier molecular flexibility index (Phi) is 14.8. The van der Waals surface area contributed by atoms with Gasteiger partial charge in [-0.25, -0.2) is 15.0 Å². The van der Waals surface area contributed by atoms with E-state index in [0.717, 1.165) is 38.9 Å². The van der Waals surface area contributed by atoms with E-state index < -0.39 is 16.1 Å². The maximum atomic E-state index is 5.56. The van der Waals surface area contributed by atoms with Gasteiger partial charge in [-0.1, -0.05) is 346 Å². The lowest BCUT2D eigenvalue weighted by Gasteiger charge is -2.38. The van der Waals surface area contributed by atoms with Crippen molar-refractivity contribution >= 4 is 57.6 Å². The first-order valence-electron chi connectivity index (χ1n) is 29.4. The molecule has 13 aromatic carbocycles. The standard InChI is InChI=1S/C81H59N3Si2/c1-9-29-60(30-10-1)64-37-25-39-66(53-64)68-41-27-51-75(55-68)85(71-43-17-5-18-44-71,72-45-19-6-20-46-72)77-57-70(81-83-79(62-33-13-3-14-34-62)82-80(84-81)63-35-15-4-16-36-63)58-78(59-77)86(73-47-21-7-22-48-73,74-49-23-8-24-50-74)76-52-28-42-69(56-76)67-40-26-38-65(54-67)61-31-11-2-12-32-61/h1-59H. The number of hydrogen-bond donors (Lipinski definition) is 0. The summed E-state index contributed by atoms with van der Waals surface area (Å²) in [6.45, 7) is 0. The Balaban J connectivity index is 1.11. The van der Waals surface area contributed by atoms with Crippen LogP contribution < -0.4 is 41.5 Å². The fourth-order valence-electron chi connectivity index (χ4n) is 12.8. The van der Waals surface area contributed by atoms with Crippen molar-refractivity contribution in [1.29, 1.82) is 0 Å². The van der Waals surface area contributed by atoms with Crippen LogP contribution in [0.4, 0.5) is 0 Å². The van der Waals surface area contributed by atoms with Crippen LogP contribution in [0.15, 0.2) is 358 Å². The number of aromatic nitrogens is 3. The quantitative estimate of drug-likeness (QED) is 0.0758. The minimum atomic E-state index is -3.43. The van der Waals surface area contributed by atoms with E-state index in [1.54, 1.807) is 0 Å². The molecule has 0 aliphatic carbocycles. The smallest absolute Gasteiger partial charge is 0.179 e. The molecule has 0 unspecified atom stereocenters. The second-order valence-electron chi connectivity index (χ2n) is 21.9. The lowest BCUT2D eigenvalue weighted by molar-refractivity contribution is 1.07. The summed E-state index contributed by atoms with van der Waals surface area (Å²) in [5, 5.41) is 10.0. The molecule has 1 heterocycles. The van der Waals surface area contributed by atoms with Gasteiger partial charge in [-0.15, -0.1) is 0 Å². The molecular weight excluding hydrogens is 1070 g/mol. The summed E-state index contributed by atoms with van der Waals surface area (Å²) >= 11 is 0. The fraction of sp³-hybridized carbons (Fsp3) is 0. The average molecular weight is 1130 g/mol. The molecule has 0 saturated carbocycles. The maximum Gasteiger partial charge on any atom is 0.179 e. The first-order chi connectivity index (χ1) is 42.6. The summed E-state index contributed by atoms with van der Waals surface area (Å²) in [6, 6.07) is 132. The van der Waals surface area contributed by atoms with Crippen LogP contribution in [0.5, 0.6) is 0 Å². The van der Waals surface area contributed by atoms with Gasteiger partial charge in [-0.3, -0.25) is 0 Å². The molecule has 0 fully saturated rings. The minimum absolute atomic E-state index is 0.604. The summed E-state index contributed by atoms with van der Waals surface area (Å²) in [5.74, 6) is 1.83. The van der Waals surface area contributed by atoms with Crippen LogP contribution >= 0.6 is 0 Å². The van der Waals surface area contributed by atoms with Crippen molar-refractivity contribution in [3.05, 3.63) is 358 Å². The van der Waals surface area contributed by atoms with Crippen molar-refractivity contribution < 1.29 is 0 Å². The highest BCUT2D eigenvalue weighted by molar-refractivity contribution is 7.22. The van der Waals surface area contributed by atoms with E-state index >= 15 is 0 Å². The van der Waals surface area contributed by atoms with Crippen LogP contribution in [0.25, 0.3) is 78.7 Å². The van der Waals surface area contributed by atoms with Crippen molar-refractivity contribution in [1.82, 2.24) is 15.0 Å². The summed E-state index contributed by atoms with van der Waals surface area (Å²) in [7, 11) is -6.85. The third-order valence-electron chi connectivity index (χ3n) is 16.8. The first-order valence-corrected chi connectivity index (χ1v) is 33.4. The van der Waals surface area contributed by atoms with Crippen molar-refractivity contribution in [2.45, 2.75) is 0 Å². The number of rotatable bonds is 15. The largest absolute Gasteiger partial charge is 0.208 e. The van der Waals surface area contributed by atoms with Crippen molar-refractivity contribution in [3.8, 4) is 78.7 Å². The fourth-order valence-corrected chi connectivity index (χ4v) is 22.6. The van der Waals surface area contributed by atoms with Gasteiger partial charge in [0.1, 0.15) is 0 Å². The molecule has 14 aromatic rings. The molecule has 0 atom stereocenters. The van der Waals surface area contributed by atoms with E-state index in [9.17, 15) is 0 Å². The van der Waals surface area contributed by atoms with Gasteiger partial charge < -0.3 is 0 Å². The predicted molar refractivity (Wildman–Crippen MR) is 365 cm³/mol. The minimum Gasteiger partial charge on any atom is -0.208 e. The van der Waals surface area contributed by atoms with Gasteiger partial charge in [-0.2, -0.15) is 0 Å².